The van der Waals surface area contributed by atoms with E-state index in [9.17, 15) is 4.39 Å². The highest BCUT2D eigenvalue weighted by molar-refractivity contribution is 5.05. The number of nitrogens with two attached hydrogens (primary N) is 1. The maximum absolute atomic E-state index is 14.1. The van der Waals surface area contributed by atoms with Crippen molar-refractivity contribution in [3.8, 4) is 0 Å². The van der Waals surface area contributed by atoms with Crippen LogP contribution in [-0.4, -0.2) is 22.0 Å². The van der Waals surface area contributed by atoms with Gasteiger partial charge in [-0.1, -0.05) is 13.8 Å². The first-order valence-corrected chi connectivity index (χ1v) is 5.97. The highest BCUT2D eigenvalue weighted by Gasteiger charge is 2.27. The molecular weight excluding hydrogens is 205 g/mol. The molecule has 0 spiro atoms. The second-order valence-electron chi connectivity index (χ2n) is 4.43. The Bertz CT molecular complexity index is 318. The third kappa shape index (κ3) is 3.04. The lowest BCUT2D eigenvalue weighted by Gasteiger charge is -2.20. The summed E-state index contributed by atoms with van der Waals surface area (Å²) in [5, 5.41) is 4.38. The van der Waals surface area contributed by atoms with Crippen LogP contribution in [0.2, 0.25) is 0 Å². The molecule has 1 rings (SSSR count). The average Bonchev–Trinajstić information content (AvgIpc) is 2.76. The van der Waals surface area contributed by atoms with Crippen LogP contribution in [0.1, 0.15) is 45.3 Å². The fourth-order valence-electron chi connectivity index (χ4n) is 1.57. The van der Waals surface area contributed by atoms with E-state index in [1.165, 1.54) is 0 Å². The van der Waals surface area contributed by atoms with E-state index in [-0.39, 0.29) is 6.54 Å². The Hall–Kier alpha value is -0.900. The maximum Gasteiger partial charge on any atom is 0.128 e. The molecular formula is C12H22FN3. The van der Waals surface area contributed by atoms with Crippen LogP contribution in [0, 0.1) is 0 Å². The van der Waals surface area contributed by atoms with Crippen molar-refractivity contribution in [1.82, 2.24) is 9.78 Å². The molecule has 2 atom stereocenters. The van der Waals surface area contributed by atoms with Gasteiger partial charge in [-0.25, -0.2) is 4.39 Å². The third-order valence-corrected chi connectivity index (χ3v) is 3.20. The van der Waals surface area contributed by atoms with Gasteiger partial charge in [0.25, 0.3) is 0 Å². The summed E-state index contributed by atoms with van der Waals surface area (Å²) in [5.41, 5.74) is 4.92. The lowest BCUT2D eigenvalue weighted by Crippen LogP contribution is -2.34. The van der Waals surface area contributed by atoms with Crippen molar-refractivity contribution in [1.29, 1.82) is 0 Å². The van der Waals surface area contributed by atoms with Gasteiger partial charge in [-0.15, -0.1) is 0 Å². The summed E-state index contributed by atoms with van der Waals surface area (Å²) >= 11 is 0. The van der Waals surface area contributed by atoms with Crippen LogP contribution in [0.4, 0.5) is 4.39 Å². The number of aromatic nitrogens is 2. The minimum Gasteiger partial charge on any atom is -0.328 e. The molecule has 0 bridgehead atoms. The van der Waals surface area contributed by atoms with Gasteiger partial charge in [0.1, 0.15) is 5.67 Å². The Morgan fingerprint density at radius 3 is 2.75 bits per heavy atom. The van der Waals surface area contributed by atoms with E-state index >= 15 is 0 Å². The molecule has 0 saturated heterocycles. The molecule has 1 heterocycles. The number of alkyl halides is 1. The molecule has 1 aromatic rings. The molecule has 0 saturated carbocycles. The Balaban J connectivity index is 2.71. The largest absolute Gasteiger partial charge is 0.328 e. The van der Waals surface area contributed by atoms with E-state index in [4.69, 9.17) is 5.73 Å². The van der Waals surface area contributed by atoms with Crippen LogP contribution in [0.15, 0.2) is 12.3 Å². The third-order valence-electron chi connectivity index (χ3n) is 3.20. The van der Waals surface area contributed by atoms with E-state index < -0.39 is 5.67 Å². The van der Waals surface area contributed by atoms with E-state index in [1.54, 1.807) is 0 Å². The van der Waals surface area contributed by atoms with Crippen LogP contribution in [-0.2, 0) is 6.42 Å². The Morgan fingerprint density at radius 2 is 2.25 bits per heavy atom. The van der Waals surface area contributed by atoms with E-state index in [2.05, 4.69) is 18.9 Å². The van der Waals surface area contributed by atoms with Crippen molar-refractivity contribution in [3.63, 3.8) is 0 Å². The molecule has 4 heteroatoms. The molecule has 0 aliphatic carbocycles. The smallest absolute Gasteiger partial charge is 0.128 e. The zero-order valence-corrected chi connectivity index (χ0v) is 10.4. The molecule has 1 aromatic heterocycles. The predicted molar refractivity (Wildman–Crippen MR) is 64.1 cm³/mol. The second kappa shape index (κ2) is 5.43. The predicted octanol–water partition coefficient (Wildman–Crippen LogP) is 2.47. The fraction of sp³-hybridized carbons (Fsp3) is 0.750. The summed E-state index contributed by atoms with van der Waals surface area (Å²) in [6.45, 7) is 6.08. The number of nitrogens with zero attached hydrogens (tertiary/aromatic N) is 2. The molecule has 0 aromatic carbocycles. The number of hydrogen-bond donors (Lipinski definition) is 1. The van der Waals surface area contributed by atoms with Crippen molar-refractivity contribution >= 4 is 0 Å². The molecule has 0 radical (unpaired) electrons. The van der Waals surface area contributed by atoms with E-state index in [1.807, 2.05) is 23.9 Å². The van der Waals surface area contributed by atoms with Crippen LogP contribution in [0.3, 0.4) is 0 Å². The number of rotatable bonds is 6. The molecule has 3 nitrogen and oxygen atoms in total. The summed E-state index contributed by atoms with van der Waals surface area (Å²) in [6, 6.07) is 2.24. The summed E-state index contributed by atoms with van der Waals surface area (Å²) < 4.78 is 15.9. The van der Waals surface area contributed by atoms with Gasteiger partial charge in [-0.3, -0.25) is 4.68 Å². The molecule has 0 aliphatic rings. The fourth-order valence-corrected chi connectivity index (χ4v) is 1.57. The van der Waals surface area contributed by atoms with Crippen molar-refractivity contribution in [2.75, 3.05) is 6.54 Å². The Labute approximate surface area is 96.8 Å². The van der Waals surface area contributed by atoms with Crippen molar-refractivity contribution in [3.05, 3.63) is 18.0 Å². The SMILES string of the molecule is CCC(C)n1ccc(CC(F)(CC)CN)n1. The van der Waals surface area contributed by atoms with Gasteiger partial charge in [0, 0.05) is 25.2 Å². The molecule has 2 unspecified atom stereocenters. The van der Waals surface area contributed by atoms with Gasteiger partial charge in [-0.05, 0) is 25.8 Å². The minimum atomic E-state index is -1.31. The first kappa shape index (κ1) is 13.2. The first-order chi connectivity index (χ1) is 7.54. The first-order valence-electron chi connectivity index (χ1n) is 5.97. The second-order valence-corrected chi connectivity index (χ2v) is 4.43. The lowest BCUT2D eigenvalue weighted by atomic mass is 9.97. The van der Waals surface area contributed by atoms with Crippen molar-refractivity contribution in [2.45, 2.75) is 51.7 Å². The van der Waals surface area contributed by atoms with E-state index in [0.717, 1.165) is 12.1 Å². The van der Waals surface area contributed by atoms with Crippen LogP contribution < -0.4 is 5.73 Å². The van der Waals surface area contributed by atoms with Crippen LogP contribution in [0.5, 0.6) is 0 Å². The Kier molecular flexibility index (Phi) is 4.47. The summed E-state index contributed by atoms with van der Waals surface area (Å²) in [4.78, 5) is 0. The van der Waals surface area contributed by atoms with Gasteiger partial charge in [0.15, 0.2) is 0 Å². The maximum atomic E-state index is 14.1. The van der Waals surface area contributed by atoms with Gasteiger partial charge < -0.3 is 5.73 Å². The van der Waals surface area contributed by atoms with Crippen LogP contribution in [0.25, 0.3) is 0 Å². The Morgan fingerprint density at radius 1 is 1.56 bits per heavy atom. The molecule has 16 heavy (non-hydrogen) atoms. The molecule has 0 fully saturated rings. The highest BCUT2D eigenvalue weighted by Crippen LogP contribution is 2.20. The van der Waals surface area contributed by atoms with Crippen molar-refractivity contribution < 1.29 is 4.39 Å². The monoisotopic (exact) mass is 227 g/mol. The molecule has 2 N–H and O–H groups in total. The topological polar surface area (TPSA) is 43.8 Å². The van der Waals surface area contributed by atoms with Gasteiger partial charge in [-0.2, -0.15) is 5.10 Å². The minimum absolute atomic E-state index is 0.0552. The van der Waals surface area contributed by atoms with Gasteiger partial charge >= 0.3 is 0 Å². The molecule has 0 amide bonds. The van der Waals surface area contributed by atoms with Gasteiger partial charge in [0.2, 0.25) is 0 Å². The summed E-state index contributed by atoms with van der Waals surface area (Å²) in [6.07, 6.45) is 3.67. The summed E-state index contributed by atoms with van der Waals surface area (Å²) in [5.74, 6) is 0. The highest BCUT2D eigenvalue weighted by atomic mass is 19.1. The van der Waals surface area contributed by atoms with Crippen molar-refractivity contribution in [2.24, 2.45) is 5.73 Å². The average molecular weight is 227 g/mol. The zero-order valence-electron chi connectivity index (χ0n) is 10.4. The lowest BCUT2D eigenvalue weighted by molar-refractivity contribution is 0.165. The zero-order chi connectivity index (χ0) is 12.2. The standard InChI is InChI=1S/C12H22FN3/c1-4-10(3)16-7-6-11(15-16)8-12(13,5-2)9-14/h6-7,10H,4-5,8-9,14H2,1-3H3. The number of hydrogen-bond acceptors (Lipinski definition) is 2. The molecule has 92 valence electrons. The van der Waals surface area contributed by atoms with E-state index in [0.29, 0.717) is 18.9 Å². The summed E-state index contributed by atoms with van der Waals surface area (Å²) in [7, 11) is 0. The normalized spacial score (nSPS) is 17.1. The number of halogens is 1. The quantitative estimate of drug-likeness (QED) is 0.811. The van der Waals surface area contributed by atoms with Crippen LogP contribution >= 0.6 is 0 Å². The van der Waals surface area contributed by atoms with Gasteiger partial charge in [0.05, 0.1) is 5.69 Å². The molecule has 0 aliphatic heterocycles.